The third-order valence-electron chi connectivity index (χ3n) is 4.46. The topological polar surface area (TPSA) is 47.6 Å². The minimum atomic E-state index is -1.83. The molecule has 0 unspecified atom stereocenters. The Hall–Kier alpha value is -1.33. The molecule has 1 aliphatic heterocycles. The summed E-state index contributed by atoms with van der Waals surface area (Å²) in [7, 11) is -1.83. The van der Waals surface area contributed by atoms with Crippen LogP contribution in [0.15, 0.2) is 30.3 Å². The van der Waals surface area contributed by atoms with Gasteiger partial charge < -0.3 is 14.5 Å². The van der Waals surface area contributed by atoms with Gasteiger partial charge in [0.05, 0.1) is 12.6 Å². The van der Waals surface area contributed by atoms with E-state index in [1.54, 1.807) is 0 Å². The maximum absolute atomic E-state index is 11.6. The molecule has 1 aliphatic rings. The number of carbonyl (C=O) groups is 1. The smallest absolute Gasteiger partial charge is 0.408 e. The van der Waals surface area contributed by atoms with Crippen molar-refractivity contribution >= 4 is 14.4 Å². The molecule has 1 fully saturated rings. The third-order valence-corrected chi connectivity index (χ3v) is 8.96. The van der Waals surface area contributed by atoms with Crippen molar-refractivity contribution in [3.8, 4) is 0 Å². The monoisotopic (exact) mass is 307 g/mol. The number of benzene rings is 1. The lowest BCUT2D eigenvalue weighted by molar-refractivity contribution is 0.120. The van der Waals surface area contributed by atoms with Crippen molar-refractivity contribution in [3.05, 3.63) is 35.9 Å². The van der Waals surface area contributed by atoms with Crippen LogP contribution in [0.2, 0.25) is 18.1 Å². The van der Waals surface area contributed by atoms with Crippen molar-refractivity contribution < 1.29 is 14.0 Å². The van der Waals surface area contributed by atoms with E-state index in [1.165, 1.54) is 0 Å². The Labute approximate surface area is 128 Å². The fourth-order valence-corrected chi connectivity index (χ4v) is 3.07. The Morgan fingerprint density at radius 2 is 1.86 bits per heavy atom. The van der Waals surface area contributed by atoms with Gasteiger partial charge in [-0.25, -0.2) is 4.79 Å². The SMILES string of the molecule is CC(C)(C)[Si](C)(C)OC[C@H]1NC(=O)O[C@@H]1c1ccccc1. The number of nitrogens with one attached hydrogen (secondary N) is 1. The fraction of sp³-hybridized carbons (Fsp3) is 0.562. The van der Waals surface area contributed by atoms with Crippen LogP contribution in [0.3, 0.4) is 0 Å². The summed E-state index contributed by atoms with van der Waals surface area (Å²) in [6, 6.07) is 9.68. The molecule has 0 bridgehead atoms. The molecule has 0 aliphatic carbocycles. The van der Waals surface area contributed by atoms with E-state index in [0.717, 1.165) is 5.56 Å². The van der Waals surface area contributed by atoms with Crippen LogP contribution in [0.5, 0.6) is 0 Å². The van der Waals surface area contributed by atoms with Crippen molar-refractivity contribution in [2.45, 2.75) is 51.0 Å². The summed E-state index contributed by atoms with van der Waals surface area (Å²) >= 11 is 0. The molecule has 5 heteroatoms. The number of rotatable bonds is 4. The first-order valence-corrected chi connectivity index (χ1v) is 10.3. The Balaban J connectivity index is 2.06. The Morgan fingerprint density at radius 1 is 1.24 bits per heavy atom. The number of hydrogen-bond acceptors (Lipinski definition) is 3. The van der Waals surface area contributed by atoms with E-state index in [4.69, 9.17) is 9.16 Å². The van der Waals surface area contributed by atoms with Gasteiger partial charge in [-0.05, 0) is 23.7 Å². The number of alkyl carbamates (subject to hydrolysis) is 1. The first-order valence-electron chi connectivity index (χ1n) is 7.37. The molecule has 0 saturated carbocycles. The molecule has 4 nitrogen and oxygen atoms in total. The highest BCUT2D eigenvalue weighted by atomic mass is 28.4. The van der Waals surface area contributed by atoms with Crippen LogP contribution in [0, 0.1) is 0 Å². The fourth-order valence-electron chi connectivity index (χ4n) is 2.05. The van der Waals surface area contributed by atoms with Crippen LogP contribution in [-0.4, -0.2) is 27.1 Å². The summed E-state index contributed by atoms with van der Waals surface area (Å²) < 4.78 is 11.6. The number of carbonyl (C=O) groups excluding carboxylic acids is 1. The summed E-state index contributed by atoms with van der Waals surface area (Å²) in [5, 5.41) is 3.01. The van der Waals surface area contributed by atoms with Crippen molar-refractivity contribution in [2.75, 3.05) is 6.61 Å². The average molecular weight is 307 g/mol. The van der Waals surface area contributed by atoms with Gasteiger partial charge in [-0.2, -0.15) is 0 Å². The predicted molar refractivity (Wildman–Crippen MR) is 85.7 cm³/mol. The second-order valence-electron chi connectivity index (χ2n) is 7.06. The zero-order valence-corrected chi connectivity index (χ0v) is 14.5. The highest BCUT2D eigenvalue weighted by Crippen LogP contribution is 2.37. The molecule has 0 radical (unpaired) electrons. The van der Waals surface area contributed by atoms with Crippen LogP contribution < -0.4 is 5.32 Å². The molecule has 1 N–H and O–H groups in total. The highest BCUT2D eigenvalue weighted by molar-refractivity contribution is 6.74. The normalized spacial score (nSPS) is 22.8. The van der Waals surface area contributed by atoms with Crippen molar-refractivity contribution in [1.29, 1.82) is 0 Å². The minimum absolute atomic E-state index is 0.131. The molecule has 1 amide bonds. The zero-order chi connectivity index (χ0) is 15.7. The standard InChI is InChI=1S/C16H25NO3Si/c1-16(2,3)21(4,5)19-11-13-14(20-15(18)17-13)12-9-7-6-8-10-12/h6-10,13-14H,11H2,1-5H3,(H,17,18)/t13-,14-/m1/s1. The van der Waals surface area contributed by atoms with Gasteiger partial charge >= 0.3 is 6.09 Å². The lowest BCUT2D eigenvalue weighted by Gasteiger charge is -2.37. The zero-order valence-electron chi connectivity index (χ0n) is 13.5. The predicted octanol–water partition coefficient (Wildman–Crippen LogP) is 3.86. The molecule has 1 heterocycles. The summed E-state index contributed by atoms with van der Waals surface area (Å²) in [5.41, 5.74) is 1.000. The largest absolute Gasteiger partial charge is 0.439 e. The molecule has 1 saturated heterocycles. The van der Waals surface area contributed by atoms with Gasteiger partial charge in [-0.3, -0.25) is 0 Å². The lowest BCUT2D eigenvalue weighted by atomic mass is 10.0. The Morgan fingerprint density at radius 3 is 2.43 bits per heavy atom. The van der Waals surface area contributed by atoms with E-state index in [0.29, 0.717) is 6.61 Å². The molecule has 116 valence electrons. The first-order chi connectivity index (χ1) is 9.71. The van der Waals surface area contributed by atoms with E-state index in [2.05, 4.69) is 39.2 Å². The maximum Gasteiger partial charge on any atom is 0.408 e. The number of amides is 1. The van der Waals surface area contributed by atoms with E-state index in [-0.39, 0.29) is 23.3 Å². The van der Waals surface area contributed by atoms with Gasteiger partial charge in [0.15, 0.2) is 14.4 Å². The minimum Gasteiger partial charge on any atom is -0.439 e. The van der Waals surface area contributed by atoms with Gasteiger partial charge in [0.2, 0.25) is 0 Å². The van der Waals surface area contributed by atoms with E-state index >= 15 is 0 Å². The average Bonchev–Trinajstić information content (AvgIpc) is 2.77. The second-order valence-corrected chi connectivity index (χ2v) is 11.9. The molecule has 0 spiro atoms. The van der Waals surface area contributed by atoms with Crippen LogP contribution in [0.25, 0.3) is 0 Å². The maximum atomic E-state index is 11.6. The van der Waals surface area contributed by atoms with Crippen molar-refractivity contribution in [3.63, 3.8) is 0 Å². The molecule has 1 aromatic carbocycles. The van der Waals surface area contributed by atoms with Gasteiger partial charge in [-0.1, -0.05) is 51.1 Å². The number of cyclic esters (lactones) is 1. The lowest BCUT2D eigenvalue weighted by Crippen LogP contribution is -2.45. The van der Waals surface area contributed by atoms with Gasteiger partial charge in [0, 0.05) is 0 Å². The molecule has 21 heavy (non-hydrogen) atoms. The summed E-state index contributed by atoms with van der Waals surface area (Å²) in [4.78, 5) is 11.6. The van der Waals surface area contributed by atoms with Crippen molar-refractivity contribution in [2.24, 2.45) is 0 Å². The summed E-state index contributed by atoms with van der Waals surface area (Å²) in [6.45, 7) is 11.5. The van der Waals surface area contributed by atoms with Crippen LogP contribution in [-0.2, 0) is 9.16 Å². The molecular formula is C16H25NO3Si. The quantitative estimate of drug-likeness (QED) is 0.859. The summed E-state index contributed by atoms with van der Waals surface area (Å²) in [5.74, 6) is 0. The molecule has 0 aromatic heterocycles. The molecule has 2 atom stereocenters. The number of hydrogen-bond donors (Lipinski definition) is 1. The van der Waals surface area contributed by atoms with Crippen LogP contribution >= 0.6 is 0 Å². The van der Waals surface area contributed by atoms with Crippen molar-refractivity contribution in [1.82, 2.24) is 5.32 Å². The Bertz CT molecular complexity index is 496. The van der Waals surface area contributed by atoms with Crippen LogP contribution in [0.4, 0.5) is 4.79 Å². The van der Waals surface area contributed by atoms with Crippen LogP contribution in [0.1, 0.15) is 32.4 Å². The van der Waals surface area contributed by atoms with Gasteiger partial charge in [-0.15, -0.1) is 0 Å². The molecular weight excluding hydrogens is 282 g/mol. The first kappa shape index (κ1) is 16.0. The van der Waals surface area contributed by atoms with E-state index in [1.807, 2.05) is 30.3 Å². The molecule has 1 aromatic rings. The number of ether oxygens (including phenoxy) is 1. The van der Waals surface area contributed by atoms with E-state index < -0.39 is 8.32 Å². The van der Waals surface area contributed by atoms with E-state index in [9.17, 15) is 4.79 Å². The van der Waals surface area contributed by atoms with Gasteiger partial charge in [0.1, 0.15) is 0 Å². The highest BCUT2D eigenvalue weighted by Gasteiger charge is 2.41. The summed E-state index contributed by atoms with van der Waals surface area (Å²) in [6.07, 6.45) is -0.642. The van der Waals surface area contributed by atoms with Gasteiger partial charge in [0.25, 0.3) is 0 Å². The third kappa shape index (κ3) is 3.65. The Kier molecular flexibility index (Phi) is 4.44. The second kappa shape index (κ2) is 5.81. The molecule has 2 rings (SSSR count).